The van der Waals surface area contributed by atoms with Crippen LogP contribution in [0.5, 0.6) is 0 Å². The van der Waals surface area contributed by atoms with Gasteiger partial charge in [0.25, 0.3) is 0 Å². The molecule has 1 aromatic heterocycles. The quantitative estimate of drug-likeness (QED) is 0.541. The molecule has 0 spiro atoms. The fourth-order valence-corrected chi connectivity index (χ4v) is 0.491. The van der Waals surface area contributed by atoms with Gasteiger partial charge in [0, 0.05) is 17.9 Å². The maximum Gasteiger partial charge on any atom is 0.161 e. The van der Waals surface area contributed by atoms with Crippen molar-refractivity contribution >= 4 is 5.78 Å². The highest BCUT2D eigenvalue weighted by Crippen LogP contribution is 1.95. The highest BCUT2D eigenvalue weighted by atomic mass is 16.1. The van der Waals surface area contributed by atoms with Crippen LogP contribution in [0.15, 0.2) is 18.4 Å². The Labute approximate surface area is 48.9 Å². The van der Waals surface area contributed by atoms with Crippen LogP contribution in [0.4, 0.5) is 0 Å². The summed E-state index contributed by atoms with van der Waals surface area (Å²) >= 11 is 0. The van der Waals surface area contributed by atoms with E-state index in [4.69, 9.17) is 1.37 Å². The Morgan fingerprint density at radius 2 is 2.75 bits per heavy atom. The normalized spacial score (nSPS) is 10.9. The van der Waals surface area contributed by atoms with E-state index in [1.165, 1.54) is 6.92 Å². The second-order valence-electron chi connectivity index (χ2n) is 1.57. The molecule has 0 saturated heterocycles. The maximum absolute atomic E-state index is 10.6. The minimum atomic E-state index is -0.0683. The Bertz CT molecular complexity index is 229. The van der Waals surface area contributed by atoms with Crippen LogP contribution >= 0.6 is 0 Å². The second-order valence-corrected chi connectivity index (χ2v) is 1.57. The zero-order chi connectivity index (χ0) is 6.85. The predicted molar refractivity (Wildman–Crippen MR) is 30.8 cm³/mol. The van der Waals surface area contributed by atoms with Gasteiger partial charge in [-0.15, -0.1) is 0 Å². The minimum Gasteiger partial charge on any atom is -0.367 e. The summed E-state index contributed by atoms with van der Waals surface area (Å²) < 4.78 is 7.10. The van der Waals surface area contributed by atoms with Gasteiger partial charge in [0.15, 0.2) is 5.78 Å². The van der Waals surface area contributed by atoms with Crippen molar-refractivity contribution in [3.8, 4) is 0 Å². The fourth-order valence-electron chi connectivity index (χ4n) is 0.491. The van der Waals surface area contributed by atoms with E-state index in [1.807, 2.05) is 0 Å². The van der Waals surface area contributed by atoms with Crippen molar-refractivity contribution in [2.24, 2.45) is 0 Å². The van der Waals surface area contributed by atoms with Crippen LogP contribution in [0.2, 0.25) is 0 Å². The van der Waals surface area contributed by atoms with Crippen LogP contribution in [0.1, 0.15) is 18.7 Å². The van der Waals surface area contributed by atoms with E-state index in [1.54, 1.807) is 12.3 Å². The lowest BCUT2D eigenvalue weighted by Crippen LogP contribution is -1.85. The highest BCUT2D eigenvalue weighted by Gasteiger charge is 1.94. The monoisotopic (exact) mass is 110 g/mol. The summed E-state index contributed by atoms with van der Waals surface area (Å²) in [4.78, 5) is 13.2. The number of Topliss-reactive ketones (excluding diaryl/α,β-unsaturated/α-hetero) is 1. The van der Waals surface area contributed by atoms with Crippen molar-refractivity contribution in [1.29, 1.82) is 0 Å². The van der Waals surface area contributed by atoms with Crippen molar-refractivity contribution in [3.63, 3.8) is 0 Å². The fraction of sp³-hybridized carbons (Fsp3) is 0.167. The number of carbonyl (C=O) groups excluding carboxylic acids is 1. The van der Waals surface area contributed by atoms with Gasteiger partial charge in [-0.25, -0.2) is 0 Å². The summed E-state index contributed by atoms with van der Waals surface area (Å²) in [6, 6.07) is 1.60. The molecular formula is C6H7NO. The average Bonchev–Trinajstić information content (AvgIpc) is 2.13. The molecule has 0 aliphatic heterocycles. The van der Waals surface area contributed by atoms with Crippen LogP contribution in [0, 0.1) is 0 Å². The molecule has 0 radical (unpaired) electrons. The molecule has 0 aliphatic carbocycles. The van der Waals surface area contributed by atoms with Gasteiger partial charge in [0.05, 0.1) is 1.37 Å². The zero-order valence-electron chi connectivity index (χ0n) is 5.56. The summed E-state index contributed by atoms with van der Waals surface area (Å²) in [6.07, 6.45) is 1.78. The topological polar surface area (TPSA) is 32.9 Å². The summed E-state index contributed by atoms with van der Waals surface area (Å²) in [6.45, 7) is 1.45. The van der Waals surface area contributed by atoms with Gasteiger partial charge >= 0.3 is 0 Å². The molecule has 0 aromatic carbocycles. The van der Waals surface area contributed by atoms with Crippen LogP contribution in [0.25, 0.3) is 0 Å². The van der Waals surface area contributed by atoms with E-state index in [0.717, 1.165) is 0 Å². The molecule has 2 heteroatoms. The van der Waals surface area contributed by atoms with Gasteiger partial charge in [-0.1, -0.05) is 0 Å². The van der Waals surface area contributed by atoms with Crippen LogP contribution in [0.3, 0.4) is 0 Å². The molecular weight excluding hydrogens is 102 g/mol. The van der Waals surface area contributed by atoms with Gasteiger partial charge in [-0.3, -0.25) is 4.79 Å². The largest absolute Gasteiger partial charge is 0.367 e. The third kappa shape index (κ3) is 0.780. The molecule has 0 unspecified atom stereocenters. The average molecular weight is 110 g/mol. The first-order valence-corrected chi connectivity index (χ1v) is 2.36. The Balaban J connectivity index is 3.08. The molecule has 0 atom stereocenters. The molecule has 8 heavy (non-hydrogen) atoms. The molecule has 1 aromatic rings. The van der Waals surface area contributed by atoms with Gasteiger partial charge in [-0.2, -0.15) is 0 Å². The number of aromatic amines is 1. The van der Waals surface area contributed by atoms with Crippen molar-refractivity contribution < 1.29 is 6.17 Å². The van der Waals surface area contributed by atoms with Crippen molar-refractivity contribution in [2.75, 3.05) is 0 Å². The molecule has 0 aliphatic rings. The van der Waals surface area contributed by atoms with E-state index < -0.39 is 0 Å². The number of hydrogen-bond acceptors (Lipinski definition) is 1. The number of hydrogen-bond donors (Lipinski definition) is 1. The van der Waals surface area contributed by atoms with E-state index in [9.17, 15) is 4.79 Å². The third-order valence-corrected chi connectivity index (χ3v) is 0.919. The van der Waals surface area contributed by atoms with E-state index in [-0.39, 0.29) is 12.0 Å². The second kappa shape index (κ2) is 1.82. The van der Waals surface area contributed by atoms with Crippen LogP contribution < -0.4 is 0 Å². The van der Waals surface area contributed by atoms with E-state index in [0.29, 0.717) is 5.56 Å². The zero-order valence-corrected chi connectivity index (χ0v) is 4.56. The van der Waals surface area contributed by atoms with E-state index in [2.05, 4.69) is 4.98 Å². The van der Waals surface area contributed by atoms with Crippen molar-refractivity contribution in [1.82, 2.24) is 4.98 Å². The molecule has 1 rings (SSSR count). The van der Waals surface area contributed by atoms with Gasteiger partial charge in [0.2, 0.25) is 0 Å². The summed E-state index contributed by atoms with van der Waals surface area (Å²) in [7, 11) is 0. The lowest BCUT2D eigenvalue weighted by Gasteiger charge is -1.79. The number of aromatic nitrogens is 1. The lowest BCUT2D eigenvalue weighted by atomic mass is 10.2. The van der Waals surface area contributed by atoms with Crippen molar-refractivity contribution in [3.05, 3.63) is 24.0 Å². The van der Waals surface area contributed by atoms with Gasteiger partial charge in [0.1, 0.15) is 0 Å². The van der Waals surface area contributed by atoms with Gasteiger partial charge < -0.3 is 4.98 Å². The molecule has 0 fully saturated rings. The maximum atomic E-state index is 10.6. The van der Waals surface area contributed by atoms with E-state index >= 15 is 0 Å². The molecule has 0 saturated carbocycles. The smallest absolute Gasteiger partial charge is 0.161 e. The van der Waals surface area contributed by atoms with Gasteiger partial charge in [-0.05, 0) is 13.0 Å². The number of carbonyl (C=O) groups is 1. The summed E-state index contributed by atoms with van der Waals surface area (Å²) in [5.41, 5.74) is 0.454. The first-order chi connectivity index (χ1) is 4.22. The minimum absolute atomic E-state index is 0.0683. The number of ketones is 1. The van der Waals surface area contributed by atoms with Crippen LogP contribution in [-0.4, -0.2) is 10.8 Å². The Kier molecular flexibility index (Phi) is 0.886. The Hall–Kier alpha value is -1.05. The number of H-pyrrole nitrogens is 1. The first kappa shape index (κ1) is 3.89. The van der Waals surface area contributed by atoms with Crippen LogP contribution in [-0.2, 0) is 0 Å². The molecule has 0 bridgehead atoms. The molecule has 2 nitrogen and oxygen atoms in total. The third-order valence-electron chi connectivity index (χ3n) is 0.919. The molecule has 0 amide bonds. The first-order valence-electron chi connectivity index (χ1n) is 2.86. The standard InChI is InChI=1S/C6H7NO/c1-5(8)6-2-3-7-4-6/h2-4,7H,1H3/i4D. The molecule has 1 heterocycles. The summed E-state index contributed by atoms with van der Waals surface area (Å²) in [5, 5.41) is 0. The molecule has 42 valence electrons. The Morgan fingerprint density at radius 3 is 3.00 bits per heavy atom. The number of rotatable bonds is 1. The van der Waals surface area contributed by atoms with Crippen molar-refractivity contribution in [2.45, 2.75) is 6.92 Å². The number of nitrogens with one attached hydrogen (secondary N) is 1. The summed E-state index contributed by atoms with van der Waals surface area (Å²) in [5.74, 6) is -0.0683. The predicted octanol–water partition coefficient (Wildman–Crippen LogP) is 1.22. The lowest BCUT2D eigenvalue weighted by molar-refractivity contribution is 0.101. The Morgan fingerprint density at radius 1 is 2.00 bits per heavy atom. The SMILES string of the molecule is [2H]c1[nH]ccc1C(C)=O. The molecule has 1 N–H and O–H groups in total. The highest BCUT2D eigenvalue weighted by molar-refractivity contribution is 5.93.